The van der Waals surface area contributed by atoms with E-state index in [1.54, 1.807) is 7.11 Å². The van der Waals surface area contributed by atoms with Gasteiger partial charge < -0.3 is 23.4 Å². The molecule has 5 heteroatoms. The van der Waals surface area contributed by atoms with Crippen molar-refractivity contribution in [1.82, 2.24) is 0 Å². The summed E-state index contributed by atoms with van der Waals surface area (Å²) in [6, 6.07) is 0. The zero-order chi connectivity index (χ0) is 12.4. The molecule has 1 fully saturated rings. The number of nitrogens with zero attached hydrogens (tertiary/aromatic N) is 1. The molecule has 0 N–H and O–H groups in total. The van der Waals surface area contributed by atoms with Crippen molar-refractivity contribution in [3.63, 3.8) is 0 Å². The van der Waals surface area contributed by atoms with Gasteiger partial charge in [-0.1, -0.05) is 0 Å². The number of rotatable bonds is 9. The third kappa shape index (κ3) is 6.95. The van der Waals surface area contributed by atoms with Gasteiger partial charge in [0.05, 0.1) is 53.3 Å². The highest BCUT2D eigenvalue weighted by Crippen LogP contribution is 2.06. The fraction of sp³-hybridized carbons (Fsp3) is 1.00. The van der Waals surface area contributed by atoms with Gasteiger partial charge in [0.1, 0.15) is 19.6 Å². The van der Waals surface area contributed by atoms with Crippen LogP contribution in [-0.2, 0) is 18.9 Å². The molecule has 0 aromatic carbocycles. The molecule has 0 unspecified atom stereocenters. The van der Waals surface area contributed by atoms with Gasteiger partial charge in [-0.05, 0) is 0 Å². The van der Waals surface area contributed by atoms with Crippen molar-refractivity contribution in [3.8, 4) is 0 Å². The van der Waals surface area contributed by atoms with Gasteiger partial charge in [-0.3, -0.25) is 0 Å². The van der Waals surface area contributed by atoms with Crippen LogP contribution in [0.3, 0.4) is 0 Å². The summed E-state index contributed by atoms with van der Waals surface area (Å²) in [4.78, 5) is 0. The van der Waals surface area contributed by atoms with E-state index < -0.39 is 0 Å². The molecule has 0 atom stereocenters. The van der Waals surface area contributed by atoms with Crippen LogP contribution in [0.15, 0.2) is 0 Å². The fourth-order valence-corrected chi connectivity index (χ4v) is 1.76. The number of ether oxygens (including phenoxy) is 4. The number of quaternary nitrogens is 1. The lowest BCUT2D eigenvalue weighted by Gasteiger charge is -2.37. The van der Waals surface area contributed by atoms with Crippen LogP contribution in [0.1, 0.15) is 0 Å². The second kappa shape index (κ2) is 8.83. The van der Waals surface area contributed by atoms with E-state index in [0.717, 1.165) is 43.9 Å². The Morgan fingerprint density at radius 3 is 2.18 bits per heavy atom. The smallest absolute Gasteiger partial charge is 0.102 e. The van der Waals surface area contributed by atoms with Crippen LogP contribution in [0.25, 0.3) is 0 Å². The lowest BCUT2D eigenvalue weighted by molar-refractivity contribution is -0.917. The zero-order valence-corrected chi connectivity index (χ0v) is 11.2. The first-order chi connectivity index (χ1) is 8.27. The van der Waals surface area contributed by atoms with E-state index in [1.807, 2.05) is 0 Å². The molecule has 1 aliphatic heterocycles. The molecule has 0 radical (unpaired) electrons. The van der Waals surface area contributed by atoms with Gasteiger partial charge in [0.2, 0.25) is 0 Å². The minimum atomic E-state index is 0.644. The highest BCUT2D eigenvalue weighted by atomic mass is 16.5. The Balaban J connectivity index is 1.89. The van der Waals surface area contributed by atoms with Gasteiger partial charge >= 0.3 is 0 Å². The number of hydrogen-bond acceptors (Lipinski definition) is 4. The van der Waals surface area contributed by atoms with Crippen molar-refractivity contribution in [2.24, 2.45) is 0 Å². The number of hydrogen-bond donors (Lipinski definition) is 0. The van der Waals surface area contributed by atoms with E-state index in [0.29, 0.717) is 26.4 Å². The van der Waals surface area contributed by atoms with Crippen molar-refractivity contribution in [1.29, 1.82) is 0 Å². The largest absolute Gasteiger partial charge is 0.382 e. The summed E-state index contributed by atoms with van der Waals surface area (Å²) in [5.41, 5.74) is 0. The molecule has 0 amide bonds. The van der Waals surface area contributed by atoms with Crippen molar-refractivity contribution < 1.29 is 23.4 Å². The monoisotopic (exact) mass is 248 g/mol. The third-order valence-corrected chi connectivity index (χ3v) is 3.13. The summed E-state index contributed by atoms with van der Waals surface area (Å²) in [6.07, 6.45) is 0. The van der Waals surface area contributed by atoms with Crippen LogP contribution < -0.4 is 0 Å². The maximum absolute atomic E-state index is 5.56. The molecular weight excluding hydrogens is 222 g/mol. The maximum Gasteiger partial charge on any atom is 0.102 e. The summed E-state index contributed by atoms with van der Waals surface area (Å²) in [6.45, 7) is 8.39. The van der Waals surface area contributed by atoms with Crippen LogP contribution in [0, 0.1) is 0 Å². The molecule has 17 heavy (non-hydrogen) atoms. The first-order valence-corrected chi connectivity index (χ1v) is 6.32. The van der Waals surface area contributed by atoms with Crippen molar-refractivity contribution in [2.75, 3.05) is 80.0 Å². The normalized spacial score (nSPS) is 19.4. The molecular formula is C12H26NO4+. The van der Waals surface area contributed by atoms with Gasteiger partial charge in [-0.25, -0.2) is 0 Å². The molecule has 0 spiro atoms. The van der Waals surface area contributed by atoms with Gasteiger partial charge in [0, 0.05) is 7.11 Å². The molecule has 0 saturated carbocycles. The topological polar surface area (TPSA) is 36.9 Å². The van der Waals surface area contributed by atoms with Crippen LogP contribution in [0.5, 0.6) is 0 Å². The Morgan fingerprint density at radius 1 is 0.941 bits per heavy atom. The lowest BCUT2D eigenvalue weighted by atomic mass is 10.3. The van der Waals surface area contributed by atoms with E-state index in [1.165, 1.54) is 0 Å². The van der Waals surface area contributed by atoms with Crippen LogP contribution in [-0.4, -0.2) is 84.5 Å². The van der Waals surface area contributed by atoms with Gasteiger partial charge in [0.15, 0.2) is 0 Å². The quantitative estimate of drug-likeness (QED) is 0.430. The molecule has 1 saturated heterocycles. The van der Waals surface area contributed by atoms with Crippen molar-refractivity contribution in [2.45, 2.75) is 0 Å². The fourth-order valence-electron chi connectivity index (χ4n) is 1.76. The standard InChI is InChI=1S/C12H26NO4/c1-13(3-6-15-7-4-13)5-8-16-11-12-17-10-9-14-2/h3-12H2,1-2H3/q+1. The Bertz CT molecular complexity index is 183. The second-order valence-corrected chi connectivity index (χ2v) is 4.62. The number of likely N-dealkylation sites (N-methyl/N-ethyl adjacent to an activating group) is 1. The summed E-state index contributed by atoms with van der Waals surface area (Å²) >= 11 is 0. The van der Waals surface area contributed by atoms with Gasteiger partial charge in [-0.15, -0.1) is 0 Å². The zero-order valence-electron chi connectivity index (χ0n) is 11.2. The van der Waals surface area contributed by atoms with E-state index in [-0.39, 0.29) is 0 Å². The van der Waals surface area contributed by atoms with E-state index in [9.17, 15) is 0 Å². The summed E-state index contributed by atoms with van der Waals surface area (Å²) in [5, 5.41) is 0. The molecule has 0 aromatic heterocycles. The minimum absolute atomic E-state index is 0.644. The van der Waals surface area contributed by atoms with Gasteiger partial charge in [-0.2, -0.15) is 0 Å². The molecule has 102 valence electrons. The van der Waals surface area contributed by atoms with Crippen LogP contribution >= 0.6 is 0 Å². The van der Waals surface area contributed by atoms with E-state index >= 15 is 0 Å². The molecule has 1 heterocycles. The highest BCUT2D eigenvalue weighted by Gasteiger charge is 2.24. The van der Waals surface area contributed by atoms with Crippen molar-refractivity contribution >= 4 is 0 Å². The first kappa shape index (κ1) is 14.9. The molecule has 0 bridgehead atoms. The average molecular weight is 248 g/mol. The summed E-state index contributed by atoms with van der Waals surface area (Å²) < 4.78 is 22.2. The number of methoxy groups -OCH3 is 1. The maximum atomic E-state index is 5.56. The predicted molar refractivity (Wildman–Crippen MR) is 65.1 cm³/mol. The molecule has 0 aliphatic carbocycles. The Labute approximate surface area is 104 Å². The first-order valence-electron chi connectivity index (χ1n) is 6.32. The van der Waals surface area contributed by atoms with Crippen molar-refractivity contribution in [3.05, 3.63) is 0 Å². The SMILES string of the molecule is COCCOCCOCC[N+]1(C)CCOCC1. The summed E-state index contributed by atoms with van der Waals surface area (Å²) in [7, 11) is 3.94. The Morgan fingerprint density at radius 2 is 1.53 bits per heavy atom. The summed E-state index contributed by atoms with van der Waals surface area (Å²) in [5.74, 6) is 0. The third-order valence-electron chi connectivity index (χ3n) is 3.13. The molecule has 1 aliphatic rings. The average Bonchev–Trinajstić information content (AvgIpc) is 2.33. The predicted octanol–water partition coefficient (Wildman–Crippen LogP) is 0.143. The van der Waals surface area contributed by atoms with E-state index in [2.05, 4.69) is 7.05 Å². The molecule has 0 aromatic rings. The Hall–Kier alpha value is -0.200. The lowest BCUT2D eigenvalue weighted by Crippen LogP contribution is -2.53. The molecule has 1 rings (SSSR count). The Kier molecular flexibility index (Phi) is 7.72. The second-order valence-electron chi connectivity index (χ2n) is 4.62. The highest BCUT2D eigenvalue weighted by molar-refractivity contribution is 4.46. The number of morpholine rings is 1. The minimum Gasteiger partial charge on any atom is -0.382 e. The molecule has 5 nitrogen and oxygen atoms in total. The van der Waals surface area contributed by atoms with Crippen LogP contribution in [0.4, 0.5) is 0 Å². The van der Waals surface area contributed by atoms with Crippen LogP contribution in [0.2, 0.25) is 0 Å². The van der Waals surface area contributed by atoms with E-state index in [4.69, 9.17) is 18.9 Å². The van der Waals surface area contributed by atoms with Gasteiger partial charge in [0.25, 0.3) is 0 Å².